The second kappa shape index (κ2) is 10.6. The van der Waals surface area contributed by atoms with E-state index in [0.29, 0.717) is 28.6 Å². The van der Waals surface area contributed by atoms with Crippen molar-refractivity contribution in [1.82, 2.24) is 4.90 Å². The number of carbonyl (C=O) groups excluding carboxylic acids is 2. The number of thiocarbonyl (C=S) groups is 1. The summed E-state index contributed by atoms with van der Waals surface area (Å²) in [7, 11) is 0. The van der Waals surface area contributed by atoms with E-state index in [-0.39, 0.29) is 11.8 Å². The molecule has 0 spiro atoms. The first-order valence-corrected chi connectivity index (χ1v) is 13.3. The number of anilines is 2. The zero-order valence-corrected chi connectivity index (χ0v) is 21.2. The summed E-state index contributed by atoms with van der Waals surface area (Å²) in [6, 6.07) is 25.8. The van der Waals surface area contributed by atoms with Gasteiger partial charge in [0, 0.05) is 22.8 Å². The van der Waals surface area contributed by atoms with Crippen molar-refractivity contribution >= 4 is 69.3 Å². The Morgan fingerprint density at radius 2 is 1.49 bits per heavy atom. The van der Waals surface area contributed by atoms with Crippen LogP contribution in [0.15, 0.2) is 106 Å². The fourth-order valence-corrected chi connectivity index (χ4v) is 6.31. The summed E-state index contributed by atoms with van der Waals surface area (Å²) in [5.41, 5.74) is 2.87. The van der Waals surface area contributed by atoms with E-state index in [1.165, 1.54) is 11.8 Å². The van der Waals surface area contributed by atoms with Crippen LogP contribution in [-0.4, -0.2) is 27.6 Å². The van der Waals surface area contributed by atoms with Crippen LogP contribution in [0, 0.1) is 0 Å². The van der Waals surface area contributed by atoms with E-state index in [1.807, 2.05) is 91.0 Å². The van der Waals surface area contributed by atoms with Gasteiger partial charge in [-0.3, -0.25) is 19.4 Å². The minimum absolute atomic E-state index is 0.0111. The van der Waals surface area contributed by atoms with Crippen LogP contribution in [-0.2, 0) is 9.59 Å². The molecule has 2 aliphatic rings. The molecule has 0 atom stereocenters. The molecule has 0 aromatic heterocycles. The van der Waals surface area contributed by atoms with Crippen LogP contribution in [0.2, 0.25) is 0 Å². The van der Waals surface area contributed by atoms with Gasteiger partial charge in [-0.15, -0.1) is 0 Å². The van der Waals surface area contributed by atoms with Crippen molar-refractivity contribution in [3.8, 4) is 0 Å². The van der Waals surface area contributed by atoms with Gasteiger partial charge in [0.05, 0.1) is 16.3 Å². The van der Waals surface area contributed by atoms with Crippen LogP contribution >= 0.6 is 35.7 Å². The molecule has 174 valence electrons. The number of thioether (sulfide) groups is 1. The predicted octanol–water partition coefficient (Wildman–Crippen LogP) is 7.05. The Hall–Kier alpha value is -3.13. The Morgan fingerprint density at radius 3 is 2.17 bits per heavy atom. The SMILES string of the molecule is O=C1C(=CC=Cc2ccccc2)SC(=S)N1CCCC(=O)N1c2ccccc2Sc2ccccc21. The fourth-order valence-electron chi connectivity index (χ4n) is 3.99. The lowest BCUT2D eigenvalue weighted by atomic mass is 10.2. The van der Waals surface area contributed by atoms with Crippen LogP contribution in [0.3, 0.4) is 0 Å². The molecular formula is C28H22N2O2S3. The number of amides is 2. The van der Waals surface area contributed by atoms with E-state index < -0.39 is 0 Å². The average Bonchev–Trinajstić information content (AvgIpc) is 3.15. The number of rotatable bonds is 6. The number of fused-ring (bicyclic) bond motifs is 2. The molecule has 1 saturated heterocycles. The van der Waals surface area contributed by atoms with Crippen molar-refractivity contribution in [1.29, 1.82) is 0 Å². The van der Waals surface area contributed by atoms with E-state index in [1.54, 1.807) is 27.6 Å². The highest BCUT2D eigenvalue weighted by atomic mass is 32.2. The zero-order valence-electron chi connectivity index (χ0n) is 18.8. The van der Waals surface area contributed by atoms with Gasteiger partial charge in [-0.05, 0) is 42.3 Å². The highest BCUT2D eigenvalue weighted by molar-refractivity contribution is 8.26. The molecule has 7 heteroatoms. The molecule has 35 heavy (non-hydrogen) atoms. The molecule has 3 aromatic carbocycles. The normalized spacial score (nSPS) is 16.2. The molecule has 2 heterocycles. The van der Waals surface area contributed by atoms with Crippen LogP contribution in [0.1, 0.15) is 18.4 Å². The Morgan fingerprint density at radius 1 is 0.857 bits per heavy atom. The minimum atomic E-state index is -0.102. The van der Waals surface area contributed by atoms with Gasteiger partial charge in [-0.1, -0.05) is 102 Å². The van der Waals surface area contributed by atoms with Crippen molar-refractivity contribution in [2.45, 2.75) is 22.6 Å². The first kappa shape index (κ1) is 23.6. The standard InChI is InChI=1S/C28H22N2O2S3/c31-26(30-21-13-4-6-15-23(21)34-24-16-7-5-14-22(24)30)18-9-19-29-27(32)25(35-28(29)33)17-8-12-20-10-2-1-3-11-20/h1-8,10-17H,9,18-19H2. The Bertz CT molecular complexity index is 1310. The van der Waals surface area contributed by atoms with Gasteiger partial charge in [0.15, 0.2) is 0 Å². The summed E-state index contributed by atoms with van der Waals surface area (Å²) in [6.07, 6.45) is 6.48. The van der Waals surface area contributed by atoms with Crippen molar-refractivity contribution in [3.63, 3.8) is 0 Å². The van der Waals surface area contributed by atoms with Crippen LogP contribution in [0.5, 0.6) is 0 Å². The van der Waals surface area contributed by atoms with Crippen LogP contribution in [0.4, 0.5) is 11.4 Å². The van der Waals surface area contributed by atoms with Gasteiger partial charge < -0.3 is 0 Å². The van der Waals surface area contributed by atoms with E-state index >= 15 is 0 Å². The third-order valence-electron chi connectivity index (χ3n) is 5.66. The zero-order chi connectivity index (χ0) is 24.2. The van der Waals surface area contributed by atoms with E-state index in [2.05, 4.69) is 0 Å². The molecule has 0 bridgehead atoms. The second-order valence-corrected chi connectivity index (χ2v) is 10.8. The largest absolute Gasteiger partial charge is 0.293 e. The van der Waals surface area contributed by atoms with E-state index in [4.69, 9.17) is 12.2 Å². The fraction of sp³-hybridized carbons (Fsp3) is 0.107. The lowest BCUT2D eigenvalue weighted by molar-refractivity contribution is -0.123. The number of hydrogen-bond acceptors (Lipinski definition) is 5. The topological polar surface area (TPSA) is 40.6 Å². The highest BCUT2D eigenvalue weighted by Gasteiger charge is 2.32. The van der Waals surface area contributed by atoms with Gasteiger partial charge in [0.25, 0.3) is 5.91 Å². The monoisotopic (exact) mass is 514 g/mol. The molecule has 5 rings (SSSR count). The molecule has 0 N–H and O–H groups in total. The first-order chi connectivity index (χ1) is 17.1. The molecule has 0 saturated carbocycles. The van der Waals surface area contributed by atoms with Gasteiger partial charge >= 0.3 is 0 Å². The molecule has 0 unspecified atom stereocenters. The average molecular weight is 515 g/mol. The molecule has 3 aromatic rings. The summed E-state index contributed by atoms with van der Waals surface area (Å²) < 4.78 is 0.534. The van der Waals surface area contributed by atoms with Gasteiger partial charge in [-0.25, -0.2) is 0 Å². The maximum absolute atomic E-state index is 13.4. The maximum atomic E-state index is 13.4. The summed E-state index contributed by atoms with van der Waals surface area (Å²) in [4.78, 5) is 32.4. The molecule has 0 aliphatic carbocycles. The molecule has 1 fully saturated rings. The minimum Gasteiger partial charge on any atom is -0.293 e. The summed E-state index contributed by atoms with van der Waals surface area (Å²) in [5.74, 6) is -0.0906. The van der Waals surface area contributed by atoms with E-state index in [9.17, 15) is 9.59 Å². The van der Waals surface area contributed by atoms with Crippen molar-refractivity contribution < 1.29 is 9.59 Å². The molecule has 2 aliphatic heterocycles. The van der Waals surface area contributed by atoms with Crippen molar-refractivity contribution in [3.05, 3.63) is 101 Å². The van der Waals surface area contributed by atoms with Gasteiger partial charge in [0.1, 0.15) is 4.32 Å². The number of hydrogen-bond donors (Lipinski definition) is 0. The number of benzene rings is 3. The van der Waals surface area contributed by atoms with Gasteiger partial charge in [-0.2, -0.15) is 0 Å². The summed E-state index contributed by atoms with van der Waals surface area (Å²) in [6.45, 7) is 0.419. The van der Waals surface area contributed by atoms with E-state index in [0.717, 1.165) is 26.7 Å². The maximum Gasteiger partial charge on any atom is 0.266 e. The molecule has 2 amide bonds. The number of allylic oxidation sites excluding steroid dienone is 2. The van der Waals surface area contributed by atoms with Crippen LogP contribution < -0.4 is 4.90 Å². The Labute approximate surface area is 218 Å². The number of para-hydroxylation sites is 2. The molecular weight excluding hydrogens is 493 g/mol. The molecule has 0 radical (unpaired) electrons. The van der Waals surface area contributed by atoms with Gasteiger partial charge in [0.2, 0.25) is 5.91 Å². The summed E-state index contributed by atoms with van der Waals surface area (Å²) in [5, 5.41) is 0. The van der Waals surface area contributed by atoms with Crippen molar-refractivity contribution in [2.75, 3.05) is 11.4 Å². The first-order valence-electron chi connectivity index (χ1n) is 11.3. The smallest absolute Gasteiger partial charge is 0.266 e. The Balaban J connectivity index is 1.23. The second-order valence-electron chi connectivity index (χ2n) is 8.00. The highest BCUT2D eigenvalue weighted by Crippen LogP contribution is 2.48. The number of nitrogens with zero attached hydrogens (tertiary/aromatic N) is 2. The lowest BCUT2D eigenvalue weighted by Crippen LogP contribution is -2.32. The third kappa shape index (κ3) is 5.12. The molecule has 4 nitrogen and oxygen atoms in total. The quantitative estimate of drug-likeness (QED) is 0.260. The number of carbonyl (C=O) groups is 2. The van der Waals surface area contributed by atoms with Crippen molar-refractivity contribution in [2.24, 2.45) is 0 Å². The van der Waals surface area contributed by atoms with Crippen LogP contribution in [0.25, 0.3) is 6.08 Å². The Kier molecular flexibility index (Phi) is 7.18. The lowest BCUT2D eigenvalue weighted by Gasteiger charge is -2.31. The predicted molar refractivity (Wildman–Crippen MR) is 149 cm³/mol. The summed E-state index contributed by atoms with van der Waals surface area (Å²) >= 11 is 8.43. The third-order valence-corrected chi connectivity index (χ3v) is 8.19.